The number of ether oxygens (including phenoxy) is 1. The number of aryl methyl sites for hydroxylation is 2. The molecule has 0 saturated heterocycles. The number of nitrogens with zero attached hydrogens (tertiary/aromatic N) is 3. The van der Waals surface area contributed by atoms with Crippen LogP contribution in [-0.4, -0.2) is 41.2 Å². The van der Waals surface area contributed by atoms with E-state index in [2.05, 4.69) is 9.97 Å². The van der Waals surface area contributed by atoms with Crippen molar-refractivity contribution in [3.63, 3.8) is 0 Å². The van der Waals surface area contributed by atoms with Crippen molar-refractivity contribution in [2.75, 3.05) is 30.0 Å². The van der Waals surface area contributed by atoms with Gasteiger partial charge in [-0.1, -0.05) is 11.8 Å². The zero-order valence-corrected chi connectivity index (χ0v) is 18.6. The summed E-state index contributed by atoms with van der Waals surface area (Å²) in [6.07, 6.45) is 0.0611. The van der Waals surface area contributed by atoms with Crippen molar-refractivity contribution < 1.29 is 14.3 Å². The Kier molecular flexibility index (Phi) is 6.78. The van der Waals surface area contributed by atoms with Crippen LogP contribution in [0.15, 0.2) is 29.4 Å². The molecular formula is C20H23N5O3S2. The maximum Gasteiger partial charge on any atom is 0.237 e. The molecule has 30 heavy (non-hydrogen) atoms. The van der Waals surface area contributed by atoms with Gasteiger partial charge in [0.05, 0.1) is 18.2 Å². The van der Waals surface area contributed by atoms with Crippen LogP contribution in [0.4, 0.5) is 11.5 Å². The van der Waals surface area contributed by atoms with Crippen molar-refractivity contribution in [2.45, 2.75) is 25.4 Å². The Hall–Kier alpha value is -2.85. The quantitative estimate of drug-likeness (QED) is 0.403. The number of amides is 2. The third-order valence-corrected chi connectivity index (χ3v) is 6.56. The number of anilines is 2. The van der Waals surface area contributed by atoms with E-state index < -0.39 is 5.91 Å². The Balaban J connectivity index is 1.77. The van der Waals surface area contributed by atoms with Crippen molar-refractivity contribution in [1.82, 2.24) is 9.97 Å². The van der Waals surface area contributed by atoms with Gasteiger partial charge in [-0.2, -0.15) is 0 Å². The first-order valence-electron chi connectivity index (χ1n) is 9.19. The Morgan fingerprint density at radius 3 is 2.53 bits per heavy atom. The summed E-state index contributed by atoms with van der Waals surface area (Å²) in [5, 5.41) is 1.31. The number of carbonyl (C=O) groups is 2. The van der Waals surface area contributed by atoms with Crippen LogP contribution in [-0.2, 0) is 9.59 Å². The van der Waals surface area contributed by atoms with E-state index in [4.69, 9.17) is 16.2 Å². The molecule has 2 amide bonds. The van der Waals surface area contributed by atoms with E-state index in [0.717, 1.165) is 20.7 Å². The van der Waals surface area contributed by atoms with Crippen molar-refractivity contribution in [3.05, 3.63) is 34.7 Å². The summed E-state index contributed by atoms with van der Waals surface area (Å²) in [6.45, 7) is 4.20. The molecule has 1 aromatic carbocycles. The lowest BCUT2D eigenvalue weighted by atomic mass is 10.2. The number of aromatic nitrogens is 2. The summed E-state index contributed by atoms with van der Waals surface area (Å²) in [5.74, 6) is 0.525. The molecule has 0 fully saturated rings. The van der Waals surface area contributed by atoms with Crippen molar-refractivity contribution in [3.8, 4) is 5.75 Å². The summed E-state index contributed by atoms with van der Waals surface area (Å²) in [4.78, 5) is 36.6. The molecule has 158 valence electrons. The maximum atomic E-state index is 12.9. The number of thiophene rings is 1. The molecule has 0 atom stereocenters. The molecular weight excluding hydrogens is 422 g/mol. The highest BCUT2D eigenvalue weighted by atomic mass is 32.2. The number of fused-ring (bicyclic) bond motifs is 1. The predicted molar refractivity (Wildman–Crippen MR) is 121 cm³/mol. The summed E-state index contributed by atoms with van der Waals surface area (Å²) >= 11 is 2.77. The minimum atomic E-state index is -0.473. The van der Waals surface area contributed by atoms with Gasteiger partial charge in [0, 0.05) is 23.5 Å². The predicted octanol–water partition coefficient (Wildman–Crippen LogP) is 2.90. The highest BCUT2D eigenvalue weighted by molar-refractivity contribution is 7.99. The van der Waals surface area contributed by atoms with Gasteiger partial charge < -0.3 is 21.1 Å². The van der Waals surface area contributed by atoms with Crippen LogP contribution in [0.25, 0.3) is 10.2 Å². The van der Waals surface area contributed by atoms with E-state index >= 15 is 0 Å². The van der Waals surface area contributed by atoms with Gasteiger partial charge in [-0.3, -0.25) is 9.59 Å². The molecule has 0 radical (unpaired) electrons. The number of hydrogen-bond acceptors (Lipinski definition) is 8. The second-order valence-corrected chi connectivity index (χ2v) is 8.75. The number of nitrogen functional groups attached to an aromatic ring is 1. The fraction of sp³-hybridized carbons (Fsp3) is 0.300. The topological polar surface area (TPSA) is 124 Å². The minimum absolute atomic E-state index is 0.0611. The third kappa shape index (κ3) is 4.82. The molecule has 2 aromatic heterocycles. The van der Waals surface area contributed by atoms with Gasteiger partial charge in [0.1, 0.15) is 16.4 Å². The molecule has 0 unspecified atom stereocenters. The van der Waals surface area contributed by atoms with E-state index in [-0.39, 0.29) is 24.6 Å². The molecule has 3 rings (SSSR count). The first kappa shape index (κ1) is 21.8. The number of primary amides is 1. The number of benzene rings is 1. The molecule has 0 aliphatic heterocycles. The van der Waals surface area contributed by atoms with Gasteiger partial charge in [-0.25, -0.2) is 9.97 Å². The molecule has 0 saturated carbocycles. The zero-order chi connectivity index (χ0) is 21.8. The Bertz CT molecular complexity index is 1080. The molecule has 8 nitrogen and oxygen atoms in total. The number of nitrogens with two attached hydrogens (primary N) is 2. The smallest absolute Gasteiger partial charge is 0.237 e. The fourth-order valence-electron chi connectivity index (χ4n) is 2.91. The van der Waals surface area contributed by atoms with Crippen LogP contribution in [0.5, 0.6) is 5.75 Å². The average Bonchev–Trinajstić information content (AvgIpc) is 3.00. The summed E-state index contributed by atoms with van der Waals surface area (Å²) in [6, 6.07) is 7.04. The Morgan fingerprint density at radius 1 is 1.20 bits per heavy atom. The van der Waals surface area contributed by atoms with Gasteiger partial charge in [-0.05, 0) is 43.7 Å². The fourth-order valence-corrected chi connectivity index (χ4v) is 4.73. The van der Waals surface area contributed by atoms with Crippen LogP contribution in [0.3, 0.4) is 0 Å². The SMILES string of the molecule is COc1ccc(N(CCC(N)=O)C(=O)CSc2nc(N)c3c(C)c(C)sc3n2)cc1. The maximum absolute atomic E-state index is 12.9. The molecule has 4 N–H and O–H groups in total. The van der Waals surface area contributed by atoms with Crippen LogP contribution < -0.4 is 21.1 Å². The van der Waals surface area contributed by atoms with Crippen molar-refractivity contribution in [2.24, 2.45) is 5.73 Å². The Morgan fingerprint density at radius 2 is 1.90 bits per heavy atom. The van der Waals surface area contributed by atoms with Crippen molar-refractivity contribution >= 4 is 56.6 Å². The average molecular weight is 446 g/mol. The third-order valence-electron chi connectivity index (χ3n) is 4.63. The summed E-state index contributed by atoms with van der Waals surface area (Å²) in [5.41, 5.74) is 13.1. The molecule has 0 bridgehead atoms. The first-order chi connectivity index (χ1) is 14.3. The standard InChI is InChI=1S/C20H23N5O3S2/c1-11-12(2)30-19-17(11)18(22)23-20(24-19)29-10-16(27)25(9-8-15(21)26)13-4-6-14(28-3)7-5-13/h4-7H,8-10H2,1-3H3,(H2,21,26)(H2,22,23,24). The van der Waals surface area contributed by atoms with Gasteiger partial charge in [0.25, 0.3) is 0 Å². The monoisotopic (exact) mass is 445 g/mol. The van der Waals surface area contributed by atoms with Gasteiger partial charge in [0.2, 0.25) is 11.8 Å². The largest absolute Gasteiger partial charge is 0.497 e. The van der Waals surface area contributed by atoms with Crippen molar-refractivity contribution in [1.29, 1.82) is 0 Å². The highest BCUT2D eigenvalue weighted by Crippen LogP contribution is 2.33. The highest BCUT2D eigenvalue weighted by Gasteiger charge is 2.19. The first-order valence-corrected chi connectivity index (χ1v) is 11.0. The normalized spacial score (nSPS) is 10.9. The number of methoxy groups -OCH3 is 1. The molecule has 3 aromatic rings. The van der Waals surface area contributed by atoms with Gasteiger partial charge in [-0.15, -0.1) is 11.3 Å². The van der Waals surface area contributed by atoms with Crippen LogP contribution in [0.2, 0.25) is 0 Å². The molecule has 0 aliphatic carbocycles. The number of rotatable bonds is 8. The van der Waals surface area contributed by atoms with Crippen LogP contribution in [0, 0.1) is 13.8 Å². The van der Waals surface area contributed by atoms with Crippen LogP contribution in [0.1, 0.15) is 16.9 Å². The summed E-state index contributed by atoms with van der Waals surface area (Å²) in [7, 11) is 1.57. The summed E-state index contributed by atoms with van der Waals surface area (Å²) < 4.78 is 5.16. The van der Waals surface area contributed by atoms with Gasteiger partial charge >= 0.3 is 0 Å². The molecule has 2 heterocycles. The van der Waals surface area contributed by atoms with Crippen LogP contribution >= 0.6 is 23.1 Å². The minimum Gasteiger partial charge on any atom is -0.497 e. The number of carbonyl (C=O) groups excluding carboxylic acids is 2. The molecule has 10 heteroatoms. The zero-order valence-electron chi connectivity index (χ0n) is 17.0. The lowest BCUT2D eigenvalue weighted by Crippen LogP contribution is -2.35. The van der Waals surface area contributed by atoms with E-state index in [1.807, 2.05) is 13.8 Å². The van der Waals surface area contributed by atoms with E-state index in [1.54, 1.807) is 42.7 Å². The van der Waals surface area contributed by atoms with Gasteiger partial charge in [0.15, 0.2) is 5.16 Å². The lowest BCUT2D eigenvalue weighted by Gasteiger charge is -2.22. The second-order valence-electron chi connectivity index (χ2n) is 6.60. The molecule has 0 aliphatic rings. The molecule has 0 spiro atoms. The second kappa shape index (κ2) is 9.31. The van der Waals surface area contributed by atoms with E-state index in [1.165, 1.54) is 16.7 Å². The van der Waals surface area contributed by atoms with E-state index in [0.29, 0.717) is 22.4 Å². The number of hydrogen-bond donors (Lipinski definition) is 2. The lowest BCUT2D eigenvalue weighted by molar-refractivity contribution is -0.118. The van der Waals surface area contributed by atoms with E-state index in [9.17, 15) is 9.59 Å². The Labute approximate surface area is 182 Å². The number of thioether (sulfide) groups is 1.